The van der Waals surface area contributed by atoms with Crippen LogP contribution in [0.25, 0.3) is 10.8 Å². The Bertz CT molecular complexity index is 818. The second-order valence-corrected chi connectivity index (χ2v) is 8.47. The average molecular weight is 398 g/mol. The number of hydrogen-bond acceptors (Lipinski definition) is 3. The van der Waals surface area contributed by atoms with E-state index < -0.39 is 5.60 Å². The third-order valence-electron chi connectivity index (χ3n) is 6.11. The molecule has 1 amide bonds. The van der Waals surface area contributed by atoms with Gasteiger partial charge in [0.25, 0.3) is 5.91 Å². The molecule has 0 aliphatic heterocycles. The molecule has 0 bridgehead atoms. The van der Waals surface area contributed by atoms with Gasteiger partial charge in [-0.25, -0.2) is 0 Å². The molecule has 4 heteroatoms. The summed E-state index contributed by atoms with van der Waals surface area (Å²) >= 11 is 0. The first-order valence-corrected chi connectivity index (χ1v) is 11.1. The first-order chi connectivity index (χ1) is 14.0. The van der Waals surface area contributed by atoms with E-state index in [4.69, 9.17) is 9.47 Å². The maximum Gasteiger partial charge on any atom is 0.256 e. The Kier molecular flexibility index (Phi) is 7.18. The fraction of sp³-hybridized carbons (Fsp3) is 0.560. The van der Waals surface area contributed by atoms with Gasteiger partial charge in [-0.05, 0) is 63.5 Å². The lowest BCUT2D eigenvalue weighted by molar-refractivity contribution is -0.147. The van der Waals surface area contributed by atoms with Crippen LogP contribution in [0, 0.1) is 5.92 Å². The highest BCUT2D eigenvalue weighted by atomic mass is 16.5. The van der Waals surface area contributed by atoms with Crippen LogP contribution in [-0.4, -0.2) is 24.2 Å². The molecule has 0 unspecified atom stereocenters. The van der Waals surface area contributed by atoms with Crippen LogP contribution in [0.3, 0.4) is 0 Å². The lowest BCUT2D eigenvalue weighted by Gasteiger charge is -2.38. The Morgan fingerprint density at radius 1 is 1.14 bits per heavy atom. The summed E-state index contributed by atoms with van der Waals surface area (Å²) in [5.41, 5.74) is 0.107. The number of amides is 1. The Morgan fingerprint density at radius 3 is 2.48 bits per heavy atom. The molecule has 1 atom stereocenters. The average Bonchev–Trinajstić information content (AvgIpc) is 2.75. The molecule has 0 saturated heterocycles. The molecule has 2 aromatic carbocycles. The highest BCUT2D eigenvalue weighted by Crippen LogP contribution is 2.38. The Morgan fingerprint density at radius 2 is 1.83 bits per heavy atom. The van der Waals surface area contributed by atoms with Crippen LogP contribution in [0.4, 0.5) is 5.69 Å². The van der Waals surface area contributed by atoms with Gasteiger partial charge in [-0.15, -0.1) is 0 Å². The zero-order valence-corrected chi connectivity index (χ0v) is 18.3. The van der Waals surface area contributed by atoms with Gasteiger partial charge in [0.1, 0.15) is 11.4 Å². The fourth-order valence-corrected chi connectivity index (χ4v) is 3.98. The number of rotatable bonds is 8. The molecular weight excluding hydrogens is 362 g/mol. The zero-order valence-electron chi connectivity index (χ0n) is 18.3. The third kappa shape index (κ3) is 4.92. The van der Waals surface area contributed by atoms with Crippen molar-refractivity contribution in [2.75, 3.05) is 11.9 Å². The molecule has 1 aliphatic rings. The van der Waals surface area contributed by atoms with Crippen molar-refractivity contribution in [1.82, 2.24) is 0 Å². The molecule has 1 fully saturated rings. The number of carbonyl (C=O) groups excluding carboxylic acids is 1. The number of benzene rings is 2. The summed E-state index contributed by atoms with van der Waals surface area (Å²) in [6.07, 6.45) is 5.63. The van der Waals surface area contributed by atoms with Crippen molar-refractivity contribution < 1.29 is 14.3 Å². The lowest BCUT2D eigenvalue weighted by atomic mass is 9.78. The quantitative estimate of drug-likeness (QED) is 0.566. The van der Waals surface area contributed by atoms with Gasteiger partial charge in [0.05, 0.1) is 6.10 Å². The van der Waals surface area contributed by atoms with E-state index in [0.29, 0.717) is 12.5 Å². The molecule has 0 aromatic heterocycles. The van der Waals surface area contributed by atoms with E-state index in [0.717, 1.165) is 60.7 Å². The zero-order chi connectivity index (χ0) is 20.9. The maximum absolute atomic E-state index is 13.4. The van der Waals surface area contributed by atoms with Crippen molar-refractivity contribution in [2.45, 2.75) is 77.9 Å². The second kappa shape index (κ2) is 9.62. The van der Waals surface area contributed by atoms with Gasteiger partial charge in [-0.3, -0.25) is 4.79 Å². The van der Waals surface area contributed by atoms with E-state index in [1.807, 2.05) is 36.4 Å². The monoisotopic (exact) mass is 397 g/mol. The van der Waals surface area contributed by atoms with Crippen molar-refractivity contribution >= 4 is 22.4 Å². The van der Waals surface area contributed by atoms with Gasteiger partial charge >= 0.3 is 0 Å². The Hall–Kier alpha value is -2.07. The predicted octanol–water partition coefficient (Wildman–Crippen LogP) is 6.33. The molecule has 29 heavy (non-hydrogen) atoms. The number of nitrogens with one attached hydrogen (secondary N) is 1. The summed E-state index contributed by atoms with van der Waals surface area (Å²) in [4.78, 5) is 13.4. The van der Waals surface area contributed by atoms with Gasteiger partial charge in [0, 0.05) is 23.1 Å². The minimum Gasteiger partial charge on any atom is -0.490 e. The molecule has 158 valence electrons. The standard InChI is InChI=1S/C25H35NO3/c1-5-17-28-25(15-13-18(3)14-16-25)24(27)26-22-11-12-23(29-19(4)6-2)21-10-8-7-9-20(21)22/h7-12,18-19H,5-6,13-17H2,1-4H3,(H,26,27)/t18?,19-,25?/m1/s1. The number of carbonyl (C=O) groups is 1. The van der Waals surface area contributed by atoms with E-state index in [-0.39, 0.29) is 12.0 Å². The molecule has 0 spiro atoms. The van der Waals surface area contributed by atoms with Crippen LogP contribution >= 0.6 is 0 Å². The molecule has 2 aromatic rings. The molecule has 4 nitrogen and oxygen atoms in total. The molecule has 1 aliphatic carbocycles. The SMILES string of the molecule is CCCOC1(C(=O)Nc2ccc(O[C@H](C)CC)c3ccccc23)CCC(C)CC1. The summed E-state index contributed by atoms with van der Waals surface area (Å²) < 4.78 is 12.3. The summed E-state index contributed by atoms with van der Waals surface area (Å²) in [6.45, 7) is 9.14. The van der Waals surface area contributed by atoms with E-state index in [1.54, 1.807) is 0 Å². The van der Waals surface area contributed by atoms with Crippen molar-refractivity contribution in [2.24, 2.45) is 5.92 Å². The summed E-state index contributed by atoms with van der Waals surface area (Å²) in [5.74, 6) is 1.49. The highest BCUT2D eigenvalue weighted by Gasteiger charge is 2.42. The summed E-state index contributed by atoms with van der Waals surface area (Å²) in [5, 5.41) is 5.21. The molecular formula is C25H35NO3. The minimum absolute atomic E-state index is 0.0152. The van der Waals surface area contributed by atoms with Crippen LogP contribution in [-0.2, 0) is 9.53 Å². The van der Waals surface area contributed by atoms with Crippen molar-refractivity contribution in [1.29, 1.82) is 0 Å². The van der Waals surface area contributed by atoms with Crippen LogP contribution in [0.5, 0.6) is 5.75 Å². The molecule has 0 heterocycles. The number of fused-ring (bicyclic) bond motifs is 1. The second-order valence-electron chi connectivity index (χ2n) is 8.47. The van der Waals surface area contributed by atoms with Crippen LogP contribution in [0.2, 0.25) is 0 Å². The van der Waals surface area contributed by atoms with Crippen molar-refractivity contribution in [3.8, 4) is 5.75 Å². The van der Waals surface area contributed by atoms with E-state index in [1.165, 1.54) is 0 Å². The normalized spacial score (nSPS) is 23.0. The third-order valence-corrected chi connectivity index (χ3v) is 6.11. The van der Waals surface area contributed by atoms with Crippen LogP contribution in [0.1, 0.15) is 66.2 Å². The highest BCUT2D eigenvalue weighted by molar-refractivity contribution is 6.06. The fourth-order valence-electron chi connectivity index (χ4n) is 3.98. The van der Waals surface area contributed by atoms with Gasteiger partial charge in [0.2, 0.25) is 0 Å². The van der Waals surface area contributed by atoms with Crippen LogP contribution in [0.15, 0.2) is 36.4 Å². The van der Waals surface area contributed by atoms with E-state index >= 15 is 0 Å². The Balaban J connectivity index is 1.88. The first kappa shape index (κ1) is 21.6. The minimum atomic E-state index is -0.713. The predicted molar refractivity (Wildman–Crippen MR) is 120 cm³/mol. The van der Waals surface area contributed by atoms with Gasteiger partial charge in [-0.1, -0.05) is 45.0 Å². The van der Waals surface area contributed by atoms with Crippen LogP contribution < -0.4 is 10.1 Å². The molecule has 1 saturated carbocycles. The first-order valence-electron chi connectivity index (χ1n) is 11.1. The maximum atomic E-state index is 13.4. The Labute approximate surface area is 175 Å². The molecule has 3 rings (SSSR count). The number of ether oxygens (including phenoxy) is 2. The summed E-state index contributed by atoms with van der Waals surface area (Å²) in [7, 11) is 0. The molecule has 0 radical (unpaired) electrons. The smallest absolute Gasteiger partial charge is 0.256 e. The van der Waals surface area contributed by atoms with Gasteiger partial charge in [-0.2, -0.15) is 0 Å². The lowest BCUT2D eigenvalue weighted by Crippen LogP contribution is -2.48. The van der Waals surface area contributed by atoms with Gasteiger partial charge < -0.3 is 14.8 Å². The van der Waals surface area contributed by atoms with Gasteiger partial charge in [0.15, 0.2) is 0 Å². The van der Waals surface area contributed by atoms with Crippen molar-refractivity contribution in [3.05, 3.63) is 36.4 Å². The number of hydrogen-bond donors (Lipinski definition) is 1. The largest absolute Gasteiger partial charge is 0.490 e. The van der Waals surface area contributed by atoms with E-state index in [9.17, 15) is 4.79 Å². The van der Waals surface area contributed by atoms with E-state index in [2.05, 4.69) is 33.0 Å². The van der Waals surface area contributed by atoms with Crippen molar-refractivity contribution in [3.63, 3.8) is 0 Å². The topological polar surface area (TPSA) is 47.6 Å². The number of anilines is 1. The summed E-state index contributed by atoms with van der Waals surface area (Å²) in [6, 6.07) is 12.0. The molecule has 1 N–H and O–H groups in total.